The van der Waals surface area contributed by atoms with Crippen molar-refractivity contribution in [3.63, 3.8) is 0 Å². The lowest BCUT2D eigenvalue weighted by Crippen LogP contribution is -2.15. The monoisotopic (exact) mass is 494 g/mol. The minimum absolute atomic E-state index is 0.0303. The Kier molecular flexibility index (Phi) is 7.83. The Hall–Kier alpha value is -2.96. The van der Waals surface area contributed by atoms with E-state index in [0.717, 1.165) is 6.26 Å². The highest BCUT2D eigenvalue weighted by molar-refractivity contribution is 8.01. The third-order valence-corrected chi connectivity index (χ3v) is 6.45. The van der Waals surface area contributed by atoms with E-state index in [4.69, 9.17) is 0 Å². The van der Waals surface area contributed by atoms with Crippen LogP contribution in [0.25, 0.3) is 0 Å². The molecule has 2 amide bonds. The zero-order chi connectivity index (χ0) is 23.1. The van der Waals surface area contributed by atoms with Crippen LogP contribution in [0.1, 0.15) is 5.69 Å². The lowest BCUT2D eigenvalue weighted by Gasteiger charge is -2.08. The molecule has 0 atom stereocenters. The molecule has 1 heterocycles. The van der Waals surface area contributed by atoms with Gasteiger partial charge in [0, 0.05) is 16.8 Å². The summed E-state index contributed by atoms with van der Waals surface area (Å²) in [6, 6.07) is 11.8. The fourth-order valence-electron chi connectivity index (χ4n) is 2.54. The van der Waals surface area contributed by atoms with Crippen LogP contribution in [-0.2, 0) is 26.0 Å². The molecule has 0 saturated carbocycles. The minimum Gasteiger partial charge on any atom is -0.326 e. The van der Waals surface area contributed by atoms with Gasteiger partial charge in [-0.1, -0.05) is 17.8 Å². The molecule has 3 N–H and O–H groups in total. The van der Waals surface area contributed by atoms with E-state index in [9.17, 15) is 22.4 Å². The molecule has 0 aliphatic carbocycles. The molecule has 1 aromatic heterocycles. The van der Waals surface area contributed by atoms with Crippen molar-refractivity contribution < 1.29 is 22.4 Å². The van der Waals surface area contributed by atoms with Crippen molar-refractivity contribution in [1.82, 2.24) is 4.98 Å². The van der Waals surface area contributed by atoms with Crippen molar-refractivity contribution in [2.75, 3.05) is 27.4 Å². The van der Waals surface area contributed by atoms with Crippen LogP contribution >= 0.6 is 23.1 Å². The van der Waals surface area contributed by atoms with Crippen LogP contribution in [-0.4, -0.2) is 37.2 Å². The predicted octanol–water partition coefficient (Wildman–Crippen LogP) is 3.57. The average molecular weight is 495 g/mol. The summed E-state index contributed by atoms with van der Waals surface area (Å²) in [7, 11) is -3.42. The van der Waals surface area contributed by atoms with Crippen LogP contribution in [0.15, 0.2) is 58.3 Å². The second kappa shape index (κ2) is 10.6. The number of nitrogens with one attached hydrogen (secondary N) is 3. The van der Waals surface area contributed by atoms with Gasteiger partial charge in [0.25, 0.3) is 0 Å². The number of rotatable bonds is 9. The van der Waals surface area contributed by atoms with Gasteiger partial charge < -0.3 is 10.6 Å². The Bertz CT molecular complexity index is 1210. The summed E-state index contributed by atoms with van der Waals surface area (Å²) in [6.07, 6.45) is 1.07. The number of thiazole rings is 1. The van der Waals surface area contributed by atoms with Crippen molar-refractivity contribution >= 4 is 62.0 Å². The van der Waals surface area contributed by atoms with Crippen molar-refractivity contribution in [1.29, 1.82) is 0 Å². The fourth-order valence-corrected chi connectivity index (χ4v) is 4.74. The molecule has 0 saturated heterocycles. The Morgan fingerprint density at radius 3 is 2.44 bits per heavy atom. The normalized spacial score (nSPS) is 11.1. The summed E-state index contributed by atoms with van der Waals surface area (Å²) < 4.78 is 38.6. The third kappa shape index (κ3) is 7.94. The molecule has 3 rings (SSSR count). The molecule has 2 aromatic carbocycles. The first-order valence-electron chi connectivity index (χ1n) is 9.16. The van der Waals surface area contributed by atoms with Crippen LogP contribution in [0.4, 0.5) is 21.5 Å². The molecule has 0 unspecified atom stereocenters. The van der Waals surface area contributed by atoms with Gasteiger partial charge in [0.1, 0.15) is 5.82 Å². The smallest absolute Gasteiger partial charge is 0.234 e. The summed E-state index contributed by atoms with van der Waals surface area (Å²) in [4.78, 5) is 28.7. The van der Waals surface area contributed by atoms with Gasteiger partial charge in [-0.3, -0.25) is 14.3 Å². The highest BCUT2D eigenvalue weighted by Gasteiger charge is 2.11. The number of anilines is 3. The summed E-state index contributed by atoms with van der Waals surface area (Å²) >= 11 is 2.56. The quantitative estimate of drug-likeness (QED) is 0.392. The van der Waals surface area contributed by atoms with Crippen molar-refractivity contribution in [2.24, 2.45) is 0 Å². The second-order valence-corrected chi connectivity index (χ2v) is 10.5. The standard InChI is InChI=1S/C20H19FN4O4S3/c1-32(28,29)25-16-4-2-3-15(9-16)23-18(26)10-17-11-30-20(24-17)31-12-19(27)22-14-7-5-13(21)6-8-14/h2-9,11,25H,10,12H2,1H3,(H,22,27)(H,23,26). The first-order valence-corrected chi connectivity index (χ1v) is 12.9. The average Bonchev–Trinajstić information content (AvgIpc) is 3.14. The Labute approximate surface area is 192 Å². The SMILES string of the molecule is CS(=O)(=O)Nc1cccc(NC(=O)Cc2csc(SCC(=O)Nc3ccc(F)cc3)n2)c1. The first kappa shape index (κ1) is 23.7. The summed E-state index contributed by atoms with van der Waals surface area (Å²) in [5, 5.41) is 7.11. The first-order chi connectivity index (χ1) is 15.2. The summed E-state index contributed by atoms with van der Waals surface area (Å²) in [5.74, 6) is -0.817. The van der Waals surface area contributed by atoms with E-state index in [1.807, 2.05) is 0 Å². The zero-order valence-electron chi connectivity index (χ0n) is 16.8. The largest absolute Gasteiger partial charge is 0.326 e. The predicted molar refractivity (Wildman–Crippen MR) is 125 cm³/mol. The van der Waals surface area contributed by atoms with Gasteiger partial charge in [0.15, 0.2) is 4.34 Å². The molecule has 0 aliphatic heterocycles. The van der Waals surface area contributed by atoms with Gasteiger partial charge in [-0.25, -0.2) is 17.8 Å². The number of carbonyl (C=O) groups is 2. The van der Waals surface area contributed by atoms with E-state index in [1.165, 1.54) is 53.4 Å². The van der Waals surface area contributed by atoms with Crippen molar-refractivity contribution in [3.05, 3.63) is 65.4 Å². The van der Waals surface area contributed by atoms with Gasteiger partial charge >= 0.3 is 0 Å². The highest BCUT2D eigenvalue weighted by atomic mass is 32.2. The molecule has 168 valence electrons. The van der Waals surface area contributed by atoms with E-state index >= 15 is 0 Å². The van der Waals surface area contributed by atoms with Gasteiger partial charge in [-0.15, -0.1) is 11.3 Å². The highest BCUT2D eigenvalue weighted by Crippen LogP contribution is 2.23. The Morgan fingerprint density at radius 2 is 1.72 bits per heavy atom. The maximum absolute atomic E-state index is 12.9. The molecule has 12 heteroatoms. The van der Waals surface area contributed by atoms with Gasteiger partial charge in [-0.05, 0) is 42.5 Å². The van der Waals surface area contributed by atoms with Crippen LogP contribution < -0.4 is 15.4 Å². The number of nitrogens with zero attached hydrogens (tertiary/aromatic N) is 1. The molecule has 32 heavy (non-hydrogen) atoms. The van der Waals surface area contributed by atoms with Gasteiger partial charge in [0.05, 0.1) is 29.8 Å². The molecular weight excluding hydrogens is 475 g/mol. The minimum atomic E-state index is -3.42. The van der Waals surface area contributed by atoms with E-state index in [1.54, 1.807) is 23.6 Å². The number of hydrogen-bond donors (Lipinski definition) is 3. The van der Waals surface area contributed by atoms with Crippen molar-refractivity contribution in [3.8, 4) is 0 Å². The number of amides is 2. The zero-order valence-corrected chi connectivity index (χ0v) is 19.2. The maximum Gasteiger partial charge on any atom is 0.234 e. The Balaban J connectivity index is 1.48. The van der Waals surface area contributed by atoms with Crippen LogP contribution in [0.3, 0.4) is 0 Å². The number of halogens is 1. The van der Waals surface area contributed by atoms with Crippen LogP contribution in [0.5, 0.6) is 0 Å². The molecule has 0 fully saturated rings. The number of hydrogen-bond acceptors (Lipinski definition) is 7. The maximum atomic E-state index is 12.9. The topological polar surface area (TPSA) is 117 Å². The number of thioether (sulfide) groups is 1. The van der Waals surface area contributed by atoms with Gasteiger partial charge in [-0.2, -0.15) is 0 Å². The fraction of sp³-hybridized carbons (Fsp3) is 0.150. The molecule has 0 bridgehead atoms. The van der Waals surface area contributed by atoms with Crippen LogP contribution in [0.2, 0.25) is 0 Å². The number of carbonyl (C=O) groups excluding carboxylic acids is 2. The number of benzene rings is 2. The summed E-state index contributed by atoms with van der Waals surface area (Å²) in [5.41, 5.74) is 1.85. The number of aromatic nitrogens is 1. The van der Waals surface area contributed by atoms with E-state index in [0.29, 0.717) is 27.1 Å². The lowest BCUT2D eigenvalue weighted by molar-refractivity contribution is -0.116. The summed E-state index contributed by atoms with van der Waals surface area (Å²) in [6.45, 7) is 0. The van der Waals surface area contributed by atoms with Crippen LogP contribution in [0, 0.1) is 5.82 Å². The van der Waals surface area contributed by atoms with E-state index < -0.39 is 10.0 Å². The van der Waals surface area contributed by atoms with Crippen molar-refractivity contribution in [2.45, 2.75) is 10.8 Å². The number of sulfonamides is 1. The molecule has 0 aliphatic rings. The lowest BCUT2D eigenvalue weighted by atomic mass is 10.2. The third-order valence-electron chi connectivity index (χ3n) is 3.78. The second-order valence-electron chi connectivity index (χ2n) is 6.63. The molecular formula is C20H19FN4O4S3. The molecule has 8 nitrogen and oxygen atoms in total. The Morgan fingerprint density at radius 1 is 1.03 bits per heavy atom. The van der Waals surface area contributed by atoms with E-state index in [2.05, 4.69) is 20.3 Å². The van der Waals surface area contributed by atoms with E-state index in [-0.39, 0.29) is 29.8 Å². The molecule has 3 aromatic rings. The molecule has 0 spiro atoms. The van der Waals surface area contributed by atoms with Gasteiger partial charge in [0.2, 0.25) is 21.8 Å². The molecule has 0 radical (unpaired) electrons.